The summed E-state index contributed by atoms with van der Waals surface area (Å²) in [5.74, 6) is -0.369. The molecule has 2 aromatic rings. The molecule has 1 aromatic heterocycles. The van der Waals surface area contributed by atoms with Crippen molar-refractivity contribution in [3.63, 3.8) is 0 Å². The van der Waals surface area contributed by atoms with Gasteiger partial charge in [0.05, 0.1) is 6.61 Å². The van der Waals surface area contributed by atoms with E-state index in [0.29, 0.717) is 12.1 Å². The average molecular weight is 300 g/mol. The minimum atomic E-state index is -0.509. The molecule has 1 aromatic carbocycles. The Hall–Kier alpha value is -2.70. The van der Waals surface area contributed by atoms with Crippen molar-refractivity contribution in [1.82, 2.24) is 15.4 Å². The van der Waals surface area contributed by atoms with Gasteiger partial charge in [-0.1, -0.05) is 12.1 Å². The van der Waals surface area contributed by atoms with Gasteiger partial charge < -0.3 is 9.64 Å². The number of ether oxygens (including phenoxy) is 1. The molecule has 0 saturated carbocycles. The highest BCUT2D eigenvalue weighted by molar-refractivity contribution is 5.96. The summed E-state index contributed by atoms with van der Waals surface area (Å²) in [6.45, 7) is 2.76. The highest BCUT2D eigenvalue weighted by Crippen LogP contribution is 2.26. The molecule has 22 heavy (non-hydrogen) atoms. The standard InChI is InChI=1S/C15H16N4O3/c1-2-22-15(21)14-13(16-18-17-14)10-5-7-11(8-6-10)19-9-3-4-12(19)20/h5-8H,2-4,9H2,1H3,(H,16,17,18). The molecule has 1 saturated heterocycles. The number of H-pyrrole nitrogens is 1. The smallest absolute Gasteiger partial charge is 0.361 e. The lowest BCUT2D eigenvalue weighted by Gasteiger charge is -2.15. The van der Waals surface area contributed by atoms with Crippen molar-refractivity contribution < 1.29 is 14.3 Å². The lowest BCUT2D eigenvalue weighted by Crippen LogP contribution is -2.23. The molecule has 1 N–H and O–H groups in total. The van der Waals surface area contributed by atoms with E-state index in [-0.39, 0.29) is 18.2 Å². The predicted octanol–water partition coefficient (Wildman–Crippen LogP) is 1.78. The second-order valence-corrected chi connectivity index (χ2v) is 4.94. The van der Waals surface area contributed by atoms with E-state index in [4.69, 9.17) is 4.74 Å². The molecule has 7 heteroatoms. The lowest BCUT2D eigenvalue weighted by atomic mass is 10.1. The van der Waals surface area contributed by atoms with Crippen LogP contribution < -0.4 is 4.90 Å². The van der Waals surface area contributed by atoms with Crippen molar-refractivity contribution in [2.24, 2.45) is 0 Å². The Bertz CT molecular complexity index is 693. The summed E-state index contributed by atoms with van der Waals surface area (Å²) in [5, 5.41) is 10.3. The van der Waals surface area contributed by atoms with E-state index in [1.54, 1.807) is 11.8 Å². The van der Waals surface area contributed by atoms with E-state index in [1.165, 1.54) is 0 Å². The fourth-order valence-electron chi connectivity index (χ4n) is 2.49. The molecule has 0 bridgehead atoms. The minimum Gasteiger partial charge on any atom is -0.461 e. The molecule has 0 atom stereocenters. The van der Waals surface area contributed by atoms with E-state index in [0.717, 1.165) is 24.2 Å². The number of rotatable bonds is 4. The fourth-order valence-corrected chi connectivity index (χ4v) is 2.49. The second kappa shape index (κ2) is 5.97. The van der Waals surface area contributed by atoms with Crippen molar-refractivity contribution in [1.29, 1.82) is 0 Å². The Balaban J connectivity index is 1.86. The normalized spacial score (nSPS) is 14.4. The quantitative estimate of drug-likeness (QED) is 0.869. The molecule has 3 rings (SSSR count). The summed E-state index contributed by atoms with van der Waals surface area (Å²) in [5.41, 5.74) is 2.20. The van der Waals surface area contributed by atoms with Crippen LogP contribution in [0.4, 0.5) is 5.69 Å². The van der Waals surface area contributed by atoms with Gasteiger partial charge in [0, 0.05) is 24.2 Å². The van der Waals surface area contributed by atoms with Gasteiger partial charge in [0.1, 0.15) is 5.69 Å². The van der Waals surface area contributed by atoms with Crippen LogP contribution in [0.15, 0.2) is 24.3 Å². The van der Waals surface area contributed by atoms with Crippen molar-refractivity contribution in [2.45, 2.75) is 19.8 Å². The molecule has 2 heterocycles. The van der Waals surface area contributed by atoms with Crippen molar-refractivity contribution in [3.8, 4) is 11.3 Å². The first-order chi connectivity index (χ1) is 10.7. The molecule has 0 radical (unpaired) electrons. The number of carbonyl (C=O) groups excluding carboxylic acids is 2. The number of hydrogen-bond acceptors (Lipinski definition) is 5. The van der Waals surface area contributed by atoms with E-state index in [9.17, 15) is 9.59 Å². The highest BCUT2D eigenvalue weighted by Gasteiger charge is 2.22. The van der Waals surface area contributed by atoms with Crippen molar-refractivity contribution in [3.05, 3.63) is 30.0 Å². The topological polar surface area (TPSA) is 88.2 Å². The number of nitrogens with zero attached hydrogens (tertiary/aromatic N) is 3. The van der Waals surface area contributed by atoms with Crippen LogP contribution in [0, 0.1) is 0 Å². The second-order valence-electron chi connectivity index (χ2n) is 4.94. The third-order valence-electron chi connectivity index (χ3n) is 3.54. The lowest BCUT2D eigenvalue weighted by molar-refractivity contribution is -0.117. The molecule has 0 unspecified atom stereocenters. The summed E-state index contributed by atoms with van der Waals surface area (Å²) < 4.78 is 4.95. The first-order valence-electron chi connectivity index (χ1n) is 7.19. The third-order valence-corrected chi connectivity index (χ3v) is 3.54. The van der Waals surface area contributed by atoms with Gasteiger partial charge in [-0.05, 0) is 25.5 Å². The van der Waals surface area contributed by atoms with Crippen LogP contribution >= 0.6 is 0 Å². The molecule has 0 spiro atoms. The maximum Gasteiger partial charge on any atom is 0.361 e. The summed E-state index contributed by atoms with van der Waals surface area (Å²) >= 11 is 0. The van der Waals surface area contributed by atoms with Gasteiger partial charge in [0.15, 0.2) is 5.69 Å². The fraction of sp³-hybridized carbons (Fsp3) is 0.333. The predicted molar refractivity (Wildman–Crippen MR) is 79.4 cm³/mol. The van der Waals surface area contributed by atoms with E-state index < -0.39 is 5.97 Å². The van der Waals surface area contributed by atoms with Crippen LogP contribution in [0.2, 0.25) is 0 Å². The third kappa shape index (κ3) is 2.57. The van der Waals surface area contributed by atoms with Gasteiger partial charge in [0.2, 0.25) is 5.91 Å². The molecule has 1 aliphatic heterocycles. The van der Waals surface area contributed by atoms with Crippen LogP contribution in [0.1, 0.15) is 30.3 Å². The van der Waals surface area contributed by atoms with Gasteiger partial charge in [0.25, 0.3) is 0 Å². The van der Waals surface area contributed by atoms with Crippen molar-refractivity contribution >= 4 is 17.6 Å². The molecule has 0 aliphatic carbocycles. The number of nitrogens with one attached hydrogen (secondary N) is 1. The maximum atomic E-state index is 11.8. The monoisotopic (exact) mass is 300 g/mol. The zero-order valence-electron chi connectivity index (χ0n) is 12.2. The Morgan fingerprint density at radius 2 is 2.09 bits per heavy atom. The molecule has 1 aliphatic rings. The first-order valence-corrected chi connectivity index (χ1v) is 7.19. The molecule has 7 nitrogen and oxygen atoms in total. The van der Waals surface area contributed by atoms with Gasteiger partial charge in [-0.2, -0.15) is 10.3 Å². The number of aromatic nitrogens is 3. The van der Waals surface area contributed by atoms with Gasteiger partial charge in [-0.15, -0.1) is 5.10 Å². The maximum absolute atomic E-state index is 11.8. The van der Waals surface area contributed by atoms with Crippen LogP contribution in [-0.4, -0.2) is 40.4 Å². The summed E-state index contributed by atoms with van der Waals surface area (Å²) in [4.78, 5) is 25.3. The van der Waals surface area contributed by atoms with E-state index in [2.05, 4.69) is 15.4 Å². The number of anilines is 1. The summed E-state index contributed by atoms with van der Waals surface area (Å²) in [6.07, 6.45) is 1.48. The number of aromatic amines is 1. The molecule has 1 fully saturated rings. The zero-order valence-corrected chi connectivity index (χ0v) is 12.2. The number of amides is 1. The van der Waals surface area contributed by atoms with Crippen molar-refractivity contribution in [2.75, 3.05) is 18.1 Å². The van der Waals surface area contributed by atoms with Crippen LogP contribution in [0.25, 0.3) is 11.3 Å². The SMILES string of the molecule is CCOC(=O)c1n[nH]nc1-c1ccc(N2CCCC2=O)cc1. The molecular weight excluding hydrogens is 284 g/mol. The zero-order chi connectivity index (χ0) is 15.5. The average Bonchev–Trinajstić information content (AvgIpc) is 3.16. The van der Waals surface area contributed by atoms with Gasteiger partial charge in [-0.25, -0.2) is 4.79 Å². The molecule has 114 valence electrons. The Morgan fingerprint density at radius 3 is 2.73 bits per heavy atom. The number of hydrogen-bond donors (Lipinski definition) is 1. The van der Waals surface area contributed by atoms with Crippen LogP contribution in [0.3, 0.4) is 0 Å². The molecular formula is C15H16N4O3. The van der Waals surface area contributed by atoms with Crippen LogP contribution in [-0.2, 0) is 9.53 Å². The van der Waals surface area contributed by atoms with Gasteiger partial charge >= 0.3 is 5.97 Å². The Kier molecular flexibility index (Phi) is 3.86. The minimum absolute atomic E-state index is 0.140. The summed E-state index contributed by atoms with van der Waals surface area (Å²) in [7, 11) is 0. The Morgan fingerprint density at radius 1 is 1.32 bits per heavy atom. The first kappa shape index (κ1) is 14.2. The van der Waals surface area contributed by atoms with Crippen LogP contribution in [0.5, 0.6) is 0 Å². The number of benzene rings is 1. The Labute approximate surface area is 127 Å². The molecule has 1 amide bonds. The van der Waals surface area contributed by atoms with E-state index in [1.807, 2.05) is 24.3 Å². The highest BCUT2D eigenvalue weighted by atomic mass is 16.5. The largest absolute Gasteiger partial charge is 0.461 e. The number of carbonyl (C=O) groups is 2. The van der Waals surface area contributed by atoms with Gasteiger partial charge in [-0.3, -0.25) is 4.79 Å². The summed E-state index contributed by atoms with van der Waals surface area (Å²) in [6, 6.07) is 7.34. The van der Waals surface area contributed by atoms with E-state index >= 15 is 0 Å². The number of esters is 1.